The molecule has 1 aliphatic carbocycles. The molecule has 3 unspecified atom stereocenters. The maximum Gasteiger partial charge on any atom is 0.0251 e. The minimum Gasteiger partial charge on any atom is -0.313 e. The SMILES string of the molecule is CCCC1CCC(NCC)C(N2CCCCCC2)C1. The number of nitrogens with one attached hydrogen (secondary N) is 1. The van der Waals surface area contributed by atoms with Crippen LogP contribution in [-0.2, 0) is 0 Å². The van der Waals surface area contributed by atoms with Crippen molar-refractivity contribution in [3.05, 3.63) is 0 Å². The van der Waals surface area contributed by atoms with Crippen molar-refractivity contribution in [2.24, 2.45) is 5.92 Å². The fourth-order valence-corrected chi connectivity index (χ4v) is 4.23. The van der Waals surface area contributed by atoms with Gasteiger partial charge >= 0.3 is 0 Å². The summed E-state index contributed by atoms with van der Waals surface area (Å²) in [5.74, 6) is 0.994. The topological polar surface area (TPSA) is 15.3 Å². The number of likely N-dealkylation sites (N-methyl/N-ethyl adjacent to an activating group) is 1. The number of likely N-dealkylation sites (tertiary alicyclic amines) is 1. The van der Waals surface area contributed by atoms with E-state index in [9.17, 15) is 0 Å². The van der Waals surface area contributed by atoms with Gasteiger partial charge in [0.1, 0.15) is 0 Å². The second kappa shape index (κ2) is 8.26. The highest BCUT2D eigenvalue weighted by Gasteiger charge is 2.33. The van der Waals surface area contributed by atoms with E-state index < -0.39 is 0 Å². The predicted molar refractivity (Wildman–Crippen MR) is 83.5 cm³/mol. The fourth-order valence-electron chi connectivity index (χ4n) is 4.23. The van der Waals surface area contributed by atoms with Gasteiger partial charge in [0, 0.05) is 12.1 Å². The quantitative estimate of drug-likeness (QED) is 0.814. The number of hydrogen-bond donors (Lipinski definition) is 1. The monoisotopic (exact) mass is 266 g/mol. The summed E-state index contributed by atoms with van der Waals surface area (Å²) in [7, 11) is 0. The van der Waals surface area contributed by atoms with Crippen LogP contribution in [0.2, 0.25) is 0 Å². The molecule has 0 amide bonds. The molecule has 2 rings (SSSR count). The third-order valence-electron chi connectivity index (χ3n) is 5.20. The Bertz CT molecular complexity index is 233. The average Bonchev–Trinajstić information content (AvgIpc) is 2.70. The van der Waals surface area contributed by atoms with E-state index in [-0.39, 0.29) is 0 Å². The van der Waals surface area contributed by atoms with Gasteiger partial charge < -0.3 is 5.32 Å². The van der Waals surface area contributed by atoms with Gasteiger partial charge in [-0.25, -0.2) is 0 Å². The van der Waals surface area contributed by atoms with Crippen LogP contribution in [-0.4, -0.2) is 36.6 Å². The molecule has 112 valence electrons. The Balaban J connectivity index is 1.96. The van der Waals surface area contributed by atoms with Crippen molar-refractivity contribution in [2.45, 2.75) is 83.7 Å². The van der Waals surface area contributed by atoms with Gasteiger partial charge in [-0.3, -0.25) is 4.90 Å². The lowest BCUT2D eigenvalue weighted by Gasteiger charge is -2.43. The molecule has 2 aliphatic rings. The second-order valence-corrected chi connectivity index (χ2v) is 6.65. The van der Waals surface area contributed by atoms with Crippen LogP contribution >= 0.6 is 0 Å². The maximum absolute atomic E-state index is 3.77. The molecule has 2 heteroatoms. The fraction of sp³-hybridized carbons (Fsp3) is 1.00. The highest BCUT2D eigenvalue weighted by atomic mass is 15.2. The van der Waals surface area contributed by atoms with Gasteiger partial charge in [0.05, 0.1) is 0 Å². The summed E-state index contributed by atoms with van der Waals surface area (Å²) in [6.45, 7) is 8.44. The molecule has 1 saturated heterocycles. The molecular weight excluding hydrogens is 232 g/mol. The Morgan fingerprint density at radius 1 is 1.00 bits per heavy atom. The third-order valence-corrected chi connectivity index (χ3v) is 5.20. The van der Waals surface area contributed by atoms with E-state index in [0.29, 0.717) is 0 Å². The first-order valence-corrected chi connectivity index (χ1v) is 8.82. The Kier molecular flexibility index (Phi) is 6.66. The van der Waals surface area contributed by atoms with Crippen molar-refractivity contribution in [1.82, 2.24) is 10.2 Å². The lowest BCUT2D eigenvalue weighted by Crippen LogP contribution is -2.53. The molecule has 2 nitrogen and oxygen atoms in total. The first-order chi connectivity index (χ1) is 9.35. The van der Waals surface area contributed by atoms with Crippen molar-refractivity contribution in [3.63, 3.8) is 0 Å². The molecule has 0 radical (unpaired) electrons. The van der Waals surface area contributed by atoms with E-state index in [0.717, 1.165) is 24.5 Å². The van der Waals surface area contributed by atoms with Gasteiger partial charge in [-0.2, -0.15) is 0 Å². The summed E-state index contributed by atoms with van der Waals surface area (Å²) in [5.41, 5.74) is 0. The van der Waals surface area contributed by atoms with Gasteiger partial charge in [0.2, 0.25) is 0 Å². The normalized spacial score (nSPS) is 34.1. The highest BCUT2D eigenvalue weighted by Crippen LogP contribution is 2.32. The van der Waals surface area contributed by atoms with E-state index in [2.05, 4.69) is 24.1 Å². The van der Waals surface area contributed by atoms with E-state index >= 15 is 0 Å². The maximum atomic E-state index is 3.77. The first-order valence-electron chi connectivity index (χ1n) is 8.82. The van der Waals surface area contributed by atoms with Crippen LogP contribution in [0, 0.1) is 5.92 Å². The lowest BCUT2D eigenvalue weighted by atomic mass is 9.79. The van der Waals surface area contributed by atoms with Crippen molar-refractivity contribution in [2.75, 3.05) is 19.6 Å². The molecule has 1 heterocycles. The van der Waals surface area contributed by atoms with Gasteiger partial charge in [-0.1, -0.05) is 39.5 Å². The molecule has 0 aromatic heterocycles. The number of hydrogen-bond acceptors (Lipinski definition) is 2. The summed E-state index contributed by atoms with van der Waals surface area (Å²) in [4.78, 5) is 2.84. The summed E-state index contributed by atoms with van der Waals surface area (Å²) >= 11 is 0. The lowest BCUT2D eigenvalue weighted by molar-refractivity contribution is 0.0973. The largest absolute Gasteiger partial charge is 0.313 e. The Morgan fingerprint density at radius 3 is 2.37 bits per heavy atom. The number of nitrogens with zero attached hydrogens (tertiary/aromatic N) is 1. The Labute approximate surface area is 120 Å². The van der Waals surface area contributed by atoms with Crippen LogP contribution in [0.25, 0.3) is 0 Å². The summed E-state index contributed by atoms with van der Waals surface area (Å²) in [6, 6.07) is 1.58. The van der Waals surface area contributed by atoms with Crippen molar-refractivity contribution >= 4 is 0 Å². The highest BCUT2D eigenvalue weighted by molar-refractivity contribution is 4.91. The predicted octanol–water partition coefficient (Wildman–Crippen LogP) is 3.81. The van der Waals surface area contributed by atoms with Crippen molar-refractivity contribution in [1.29, 1.82) is 0 Å². The smallest absolute Gasteiger partial charge is 0.0251 e. The minimum absolute atomic E-state index is 0.760. The molecule has 1 N–H and O–H groups in total. The van der Waals surface area contributed by atoms with E-state index in [1.807, 2.05) is 0 Å². The molecule has 0 spiro atoms. The molecule has 0 aromatic carbocycles. The van der Waals surface area contributed by atoms with Crippen LogP contribution < -0.4 is 5.32 Å². The molecule has 2 fully saturated rings. The van der Waals surface area contributed by atoms with Crippen LogP contribution in [0.4, 0.5) is 0 Å². The van der Waals surface area contributed by atoms with Crippen LogP contribution in [0.5, 0.6) is 0 Å². The van der Waals surface area contributed by atoms with E-state index in [1.54, 1.807) is 0 Å². The first kappa shape index (κ1) is 15.3. The molecular formula is C17H34N2. The molecule has 0 aromatic rings. The Morgan fingerprint density at radius 2 is 1.74 bits per heavy atom. The van der Waals surface area contributed by atoms with Crippen LogP contribution in [0.3, 0.4) is 0 Å². The molecule has 1 saturated carbocycles. The van der Waals surface area contributed by atoms with E-state index in [4.69, 9.17) is 0 Å². The van der Waals surface area contributed by atoms with Crippen LogP contribution in [0.15, 0.2) is 0 Å². The zero-order chi connectivity index (χ0) is 13.5. The second-order valence-electron chi connectivity index (χ2n) is 6.65. The van der Waals surface area contributed by atoms with Crippen molar-refractivity contribution < 1.29 is 0 Å². The zero-order valence-electron chi connectivity index (χ0n) is 13.2. The molecule has 3 atom stereocenters. The van der Waals surface area contributed by atoms with Gasteiger partial charge in [-0.05, 0) is 57.7 Å². The summed E-state index contributed by atoms with van der Waals surface area (Å²) in [5, 5.41) is 3.77. The number of rotatable bonds is 5. The van der Waals surface area contributed by atoms with Crippen molar-refractivity contribution in [3.8, 4) is 0 Å². The van der Waals surface area contributed by atoms with Gasteiger partial charge in [0.15, 0.2) is 0 Å². The summed E-state index contributed by atoms with van der Waals surface area (Å²) in [6.07, 6.45) is 12.9. The van der Waals surface area contributed by atoms with Crippen LogP contribution in [0.1, 0.15) is 71.6 Å². The molecule has 1 aliphatic heterocycles. The molecule has 0 bridgehead atoms. The average molecular weight is 266 g/mol. The molecule has 19 heavy (non-hydrogen) atoms. The Hall–Kier alpha value is -0.0800. The van der Waals surface area contributed by atoms with Gasteiger partial charge in [0.25, 0.3) is 0 Å². The van der Waals surface area contributed by atoms with Gasteiger partial charge in [-0.15, -0.1) is 0 Å². The summed E-state index contributed by atoms with van der Waals surface area (Å²) < 4.78 is 0. The zero-order valence-corrected chi connectivity index (χ0v) is 13.2. The standard InChI is InChI=1S/C17H34N2/c1-3-9-15-10-11-16(18-4-2)17(14-15)19-12-7-5-6-8-13-19/h15-18H,3-14H2,1-2H3. The third kappa shape index (κ3) is 4.46. The minimum atomic E-state index is 0.760. The van der Waals surface area contributed by atoms with E-state index in [1.165, 1.54) is 70.9 Å².